The molecule has 8 nitrogen and oxygen atoms in total. The standard InChI is InChI=1S/C24H21N3O5/c1-31-16-6-7-17(19(13-16)32-2)22(28)20-21(18-5-3-4-10-26-18)27(24(30)23(20)29)14-15-8-11-25-12-9-15/h3-13,21,28H,14H2,1-2H3/b22-20-. The van der Waals surface area contributed by atoms with Crippen molar-refractivity contribution < 1.29 is 24.2 Å². The van der Waals surface area contributed by atoms with Gasteiger partial charge in [0.05, 0.1) is 31.1 Å². The third kappa shape index (κ3) is 3.78. The van der Waals surface area contributed by atoms with Crippen LogP contribution in [0.3, 0.4) is 0 Å². The number of ether oxygens (including phenoxy) is 2. The lowest BCUT2D eigenvalue weighted by Crippen LogP contribution is -2.29. The van der Waals surface area contributed by atoms with Gasteiger partial charge < -0.3 is 19.5 Å². The number of carbonyl (C=O) groups is 2. The quantitative estimate of drug-likeness (QED) is 0.363. The minimum atomic E-state index is -0.865. The van der Waals surface area contributed by atoms with Gasteiger partial charge >= 0.3 is 0 Å². The Morgan fingerprint density at radius 3 is 2.47 bits per heavy atom. The molecule has 1 aromatic carbocycles. The van der Waals surface area contributed by atoms with Crippen LogP contribution in [0.1, 0.15) is 22.9 Å². The van der Waals surface area contributed by atoms with Gasteiger partial charge in [-0.15, -0.1) is 0 Å². The Bertz CT molecular complexity index is 1180. The maximum absolute atomic E-state index is 13.1. The predicted octanol–water partition coefficient (Wildman–Crippen LogP) is 3.12. The molecule has 1 saturated heterocycles. The molecule has 0 spiro atoms. The van der Waals surface area contributed by atoms with Crippen LogP contribution in [0.15, 0.2) is 72.7 Å². The normalized spacial score (nSPS) is 17.4. The van der Waals surface area contributed by atoms with Crippen LogP contribution in [0.5, 0.6) is 11.5 Å². The number of nitrogens with zero attached hydrogens (tertiary/aromatic N) is 3. The lowest BCUT2D eigenvalue weighted by atomic mass is 9.97. The molecule has 162 valence electrons. The van der Waals surface area contributed by atoms with E-state index in [4.69, 9.17) is 9.47 Å². The number of aliphatic hydroxyl groups is 1. The number of pyridine rings is 2. The van der Waals surface area contributed by atoms with E-state index in [0.29, 0.717) is 17.2 Å². The fraction of sp³-hybridized carbons (Fsp3) is 0.167. The summed E-state index contributed by atoms with van der Waals surface area (Å²) in [4.78, 5) is 35.9. The number of methoxy groups -OCH3 is 2. The molecule has 1 N–H and O–H groups in total. The van der Waals surface area contributed by atoms with Crippen LogP contribution in [-0.2, 0) is 16.1 Å². The molecule has 3 aromatic rings. The van der Waals surface area contributed by atoms with Crippen molar-refractivity contribution in [1.82, 2.24) is 14.9 Å². The fourth-order valence-electron chi connectivity index (χ4n) is 3.71. The van der Waals surface area contributed by atoms with E-state index in [0.717, 1.165) is 5.56 Å². The van der Waals surface area contributed by atoms with Crippen molar-refractivity contribution in [3.8, 4) is 11.5 Å². The highest BCUT2D eigenvalue weighted by atomic mass is 16.5. The molecule has 0 radical (unpaired) electrons. The van der Waals surface area contributed by atoms with Gasteiger partial charge in [-0.3, -0.25) is 19.6 Å². The summed E-state index contributed by atoms with van der Waals surface area (Å²) in [7, 11) is 2.96. The summed E-state index contributed by atoms with van der Waals surface area (Å²) in [5.41, 5.74) is 1.49. The molecule has 4 rings (SSSR count). The number of Topliss-reactive ketones (excluding diaryl/α,β-unsaturated/α-hetero) is 1. The summed E-state index contributed by atoms with van der Waals surface area (Å²) < 4.78 is 10.6. The van der Waals surface area contributed by atoms with E-state index >= 15 is 0 Å². The van der Waals surface area contributed by atoms with E-state index in [1.807, 2.05) is 0 Å². The van der Waals surface area contributed by atoms with E-state index in [2.05, 4.69) is 9.97 Å². The Kier molecular flexibility index (Phi) is 5.85. The molecule has 1 aliphatic heterocycles. The van der Waals surface area contributed by atoms with Crippen molar-refractivity contribution in [3.63, 3.8) is 0 Å². The lowest BCUT2D eigenvalue weighted by molar-refractivity contribution is -0.140. The molecule has 32 heavy (non-hydrogen) atoms. The molecule has 1 fully saturated rings. The summed E-state index contributed by atoms with van der Waals surface area (Å²) in [6.45, 7) is 0.158. The summed E-state index contributed by atoms with van der Waals surface area (Å²) >= 11 is 0. The molecular formula is C24H21N3O5. The third-order valence-electron chi connectivity index (χ3n) is 5.27. The van der Waals surface area contributed by atoms with Gasteiger partial charge in [-0.2, -0.15) is 0 Å². The van der Waals surface area contributed by atoms with Crippen LogP contribution in [0.4, 0.5) is 0 Å². The van der Waals surface area contributed by atoms with Gasteiger partial charge in [-0.25, -0.2) is 0 Å². The van der Waals surface area contributed by atoms with E-state index < -0.39 is 17.7 Å². The molecule has 2 aromatic heterocycles. The Labute approximate surface area is 184 Å². The van der Waals surface area contributed by atoms with E-state index in [-0.39, 0.29) is 23.4 Å². The SMILES string of the molecule is COc1ccc(/C(O)=C2/C(=O)C(=O)N(Cc3ccncc3)C2c2ccccn2)c(OC)c1. The van der Waals surface area contributed by atoms with Crippen LogP contribution in [-0.4, -0.2) is 45.9 Å². The highest BCUT2D eigenvalue weighted by Gasteiger charge is 2.47. The summed E-state index contributed by atoms with van der Waals surface area (Å²) in [6, 6.07) is 12.7. The number of aromatic nitrogens is 2. The number of hydrogen-bond acceptors (Lipinski definition) is 7. The second kappa shape index (κ2) is 8.89. The molecule has 1 amide bonds. The topological polar surface area (TPSA) is 102 Å². The number of likely N-dealkylation sites (tertiary alicyclic amines) is 1. The van der Waals surface area contributed by atoms with Crippen molar-refractivity contribution in [2.45, 2.75) is 12.6 Å². The van der Waals surface area contributed by atoms with E-state index in [9.17, 15) is 14.7 Å². The first-order valence-electron chi connectivity index (χ1n) is 9.85. The summed E-state index contributed by atoms with van der Waals surface area (Å²) in [5, 5.41) is 11.2. The molecule has 0 aliphatic carbocycles. The predicted molar refractivity (Wildman–Crippen MR) is 116 cm³/mol. The van der Waals surface area contributed by atoms with Gasteiger partial charge in [-0.05, 0) is 42.0 Å². The Morgan fingerprint density at radius 1 is 1.03 bits per heavy atom. The molecular weight excluding hydrogens is 410 g/mol. The highest BCUT2D eigenvalue weighted by Crippen LogP contribution is 2.41. The monoisotopic (exact) mass is 431 g/mol. The van der Waals surface area contributed by atoms with Crippen molar-refractivity contribution in [3.05, 3.63) is 89.5 Å². The summed E-state index contributed by atoms with van der Waals surface area (Å²) in [5.74, 6) is -1.01. The van der Waals surface area contributed by atoms with Crippen molar-refractivity contribution in [2.24, 2.45) is 0 Å². The van der Waals surface area contributed by atoms with Gasteiger partial charge in [-0.1, -0.05) is 6.07 Å². The first-order chi connectivity index (χ1) is 15.5. The first-order valence-corrected chi connectivity index (χ1v) is 9.85. The molecule has 0 bridgehead atoms. The van der Waals surface area contributed by atoms with Gasteiger partial charge in [0, 0.05) is 31.2 Å². The number of carbonyl (C=O) groups excluding carboxylic acids is 2. The van der Waals surface area contributed by atoms with Crippen LogP contribution in [0.2, 0.25) is 0 Å². The average molecular weight is 431 g/mol. The number of hydrogen-bond donors (Lipinski definition) is 1. The largest absolute Gasteiger partial charge is 0.507 e. The zero-order valence-electron chi connectivity index (χ0n) is 17.6. The van der Waals surface area contributed by atoms with Crippen LogP contribution >= 0.6 is 0 Å². The van der Waals surface area contributed by atoms with Gasteiger partial charge in [0.2, 0.25) is 0 Å². The average Bonchev–Trinajstić information content (AvgIpc) is 3.09. The van der Waals surface area contributed by atoms with Crippen LogP contribution in [0.25, 0.3) is 5.76 Å². The Balaban J connectivity index is 1.88. The van der Waals surface area contributed by atoms with E-state index in [1.165, 1.54) is 19.1 Å². The molecule has 1 unspecified atom stereocenters. The van der Waals surface area contributed by atoms with Crippen molar-refractivity contribution >= 4 is 17.4 Å². The molecule has 3 heterocycles. The van der Waals surface area contributed by atoms with E-state index in [1.54, 1.807) is 67.1 Å². The first kappa shape index (κ1) is 21.0. The number of rotatable bonds is 6. The van der Waals surface area contributed by atoms with Crippen LogP contribution in [0, 0.1) is 0 Å². The van der Waals surface area contributed by atoms with Crippen molar-refractivity contribution in [1.29, 1.82) is 0 Å². The number of benzene rings is 1. The van der Waals surface area contributed by atoms with Gasteiger partial charge in [0.15, 0.2) is 0 Å². The zero-order valence-corrected chi connectivity index (χ0v) is 17.6. The number of ketones is 1. The maximum atomic E-state index is 13.1. The fourth-order valence-corrected chi connectivity index (χ4v) is 3.71. The Morgan fingerprint density at radius 2 is 1.81 bits per heavy atom. The molecule has 1 atom stereocenters. The van der Waals surface area contributed by atoms with Gasteiger partial charge in [0.1, 0.15) is 23.3 Å². The van der Waals surface area contributed by atoms with Gasteiger partial charge in [0.25, 0.3) is 11.7 Å². The third-order valence-corrected chi connectivity index (χ3v) is 5.27. The number of amides is 1. The highest BCUT2D eigenvalue weighted by molar-refractivity contribution is 6.46. The molecule has 8 heteroatoms. The summed E-state index contributed by atoms with van der Waals surface area (Å²) in [6.07, 6.45) is 4.81. The second-order valence-corrected chi connectivity index (χ2v) is 7.10. The second-order valence-electron chi connectivity index (χ2n) is 7.10. The Hall–Kier alpha value is -4.20. The van der Waals surface area contributed by atoms with Crippen molar-refractivity contribution in [2.75, 3.05) is 14.2 Å². The zero-order chi connectivity index (χ0) is 22.7. The lowest BCUT2D eigenvalue weighted by Gasteiger charge is -2.24. The molecule has 0 saturated carbocycles. The number of aliphatic hydroxyl groups excluding tert-OH is 1. The minimum absolute atomic E-state index is 0.0498. The van der Waals surface area contributed by atoms with Crippen LogP contribution < -0.4 is 9.47 Å². The maximum Gasteiger partial charge on any atom is 0.296 e. The minimum Gasteiger partial charge on any atom is -0.507 e. The molecule has 1 aliphatic rings. The smallest absolute Gasteiger partial charge is 0.296 e.